The molecule has 1 amide bonds. The van der Waals surface area contributed by atoms with Crippen molar-refractivity contribution in [1.29, 1.82) is 0 Å². The molecular formula is C21H28N2O3S. The SMILES string of the molecule is CC1CCC(NS(=O)(=O)CC(=O)N(C)Cc2cccc3ccccc23)CC1. The summed E-state index contributed by atoms with van der Waals surface area (Å²) in [7, 11) is -1.96. The molecule has 5 nitrogen and oxygen atoms in total. The molecular weight excluding hydrogens is 360 g/mol. The van der Waals surface area contributed by atoms with Gasteiger partial charge < -0.3 is 4.90 Å². The maximum atomic E-state index is 12.5. The molecule has 0 unspecified atom stereocenters. The van der Waals surface area contributed by atoms with Crippen LogP contribution in [-0.2, 0) is 21.4 Å². The van der Waals surface area contributed by atoms with Crippen molar-refractivity contribution < 1.29 is 13.2 Å². The first kappa shape index (κ1) is 19.8. The third-order valence-corrected chi connectivity index (χ3v) is 6.71. The molecule has 2 aromatic rings. The highest BCUT2D eigenvalue weighted by Gasteiger charge is 2.26. The summed E-state index contributed by atoms with van der Waals surface area (Å²) >= 11 is 0. The number of sulfonamides is 1. The monoisotopic (exact) mass is 388 g/mol. The number of nitrogens with one attached hydrogen (secondary N) is 1. The van der Waals surface area contributed by atoms with Gasteiger partial charge in [0.25, 0.3) is 0 Å². The molecule has 0 saturated heterocycles. The van der Waals surface area contributed by atoms with Gasteiger partial charge in [-0.3, -0.25) is 4.79 Å². The lowest BCUT2D eigenvalue weighted by Gasteiger charge is -2.27. The number of carbonyl (C=O) groups excluding carboxylic acids is 1. The van der Waals surface area contributed by atoms with Gasteiger partial charge in [-0.2, -0.15) is 0 Å². The molecule has 1 fully saturated rings. The molecule has 0 aliphatic heterocycles. The molecule has 0 aromatic heterocycles. The van der Waals surface area contributed by atoms with Crippen LogP contribution in [-0.4, -0.2) is 38.1 Å². The molecule has 0 spiro atoms. The predicted octanol–water partition coefficient (Wildman–Crippen LogP) is 3.30. The minimum Gasteiger partial charge on any atom is -0.340 e. The first-order valence-corrected chi connectivity index (χ1v) is 11.2. The summed E-state index contributed by atoms with van der Waals surface area (Å²) in [5.41, 5.74) is 1.01. The van der Waals surface area contributed by atoms with Gasteiger partial charge >= 0.3 is 0 Å². The highest BCUT2D eigenvalue weighted by atomic mass is 32.2. The van der Waals surface area contributed by atoms with Gasteiger partial charge in [0.15, 0.2) is 0 Å². The Hall–Kier alpha value is -1.92. The van der Waals surface area contributed by atoms with Crippen molar-refractivity contribution in [3.63, 3.8) is 0 Å². The van der Waals surface area contributed by atoms with Crippen molar-refractivity contribution in [3.05, 3.63) is 48.0 Å². The van der Waals surface area contributed by atoms with Gasteiger partial charge in [-0.05, 0) is 47.9 Å². The van der Waals surface area contributed by atoms with E-state index < -0.39 is 15.8 Å². The Kier molecular flexibility index (Phi) is 6.17. The molecule has 0 heterocycles. The van der Waals surface area contributed by atoms with Crippen molar-refractivity contribution >= 4 is 26.7 Å². The fourth-order valence-corrected chi connectivity index (χ4v) is 5.09. The lowest BCUT2D eigenvalue weighted by atomic mass is 9.88. The average Bonchev–Trinajstić information content (AvgIpc) is 2.63. The summed E-state index contributed by atoms with van der Waals surface area (Å²) in [6.07, 6.45) is 3.76. The molecule has 2 aromatic carbocycles. The minimum absolute atomic E-state index is 0.0395. The Morgan fingerprint density at radius 2 is 1.74 bits per heavy atom. The highest BCUT2D eigenvalue weighted by molar-refractivity contribution is 7.90. The molecule has 6 heteroatoms. The second kappa shape index (κ2) is 8.40. The molecule has 1 saturated carbocycles. The quantitative estimate of drug-likeness (QED) is 0.826. The van der Waals surface area contributed by atoms with E-state index in [1.165, 1.54) is 4.90 Å². The molecule has 0 atom stereocenters. The molecule has 1 aliphatic carbocycles. The van der Waals surface area contributed by atoms with E-state index in [0.717, 1.165) is 42.0 Å². The van der Waals surface area contributed by atoms with E-state index in [9.17, 15) is 13.2 Å². The Morgan fingerprint density at radius 1 is 1.07 bits per heavy atom. The Morgan fingerprint density at radius 3 is 2.48 bits per heavy atom. The van der Waals surface area contributed by atoms with Crippen LogP contribution in [0.1, 0.15) is 38.2 Å². The number of nitrogens with zero attached hydrogens (tertiary/aromatic N) is 1. The van der Waals surface area contributed by atoms with Crippen LogP contribution in [0, 0.1) is 5.92 Å². The van der Waals surface area contributed by atoms with Crippen molar-refractivity contribution in [1.82, 2.24) is 9.62 Å². The van der Waals surface area contributed by atoms with Crippen LogP contribution in [0.25, 0.3) is 10.8 Å². The summed E-state index contributed by atoms with van der Waals surface area (Å²) in [5, 5.41) is 2.19. The zero-order chi connectivity index (χ0) is 19.4. The number of fused-ring (bicyclic) bond motifs is 1. The van der Waals surface area contributed by atoms with Crippen LogP contribution in [0.15, 0.2) is 42.5 Å². The van der Waals surface area contributed by atoms with E-state index >= 15 is 0 Å². The second-order valence-corrected chi connectivity index (χ2v) is 9.48. The zero-order valence-corrected chi connectivity index (χ0v) is 16.8. The van der Waals surface area contributed by atoms with Gasteiger partial charge in [0.1, 0.15) is 5.75 Å². The van der Waals surface area contributed by atoms with Crippen LogP contribution in [0.2, 0.25) is 0 Å². The van der Waals surface area contributed by atoms with E-state index in [1.54, 1.807) is 7.05 Å². The van der Waals surface area contributed by atoms with Crippen molar-refractivity contribution in [3.8, 4) is 0 Å². The van der Waals surface area contributed by atoms with Gasteiger partial charge in [0.05, 0.1) is 0 Å². The molecule has 146 valence electrons. The van der Waals surface area contributed by atoms with Crippen LogP contribution in [0.3, 0.4) is 0 Å². The zero-order valence-electron chi connectivity index (χ0n) is 16.0. The van der Waals surface area contributed by atoms with Gasteiger partial charge in [-0.25, -0.2) is 13.1 Å². The standard InChI is InChI=1S/C21H28N2O3S/c1-16-10-12-19(13-11-16)22-27(25,26)15-21(24)23(2)14-18-8-5-7-17-6-3-4-9-20(17)18/h3-9,16,19,22H,10-15H2,1-2H3. The summed E-state index contributed by atoms with van der Waals surface area (Å²) in [6, 6.07) is 13.9. The summed E-state index contributed by atoms with van der Waals surface area (Å²) in [4.78, 5) is 14.0. The fraction of sp³-hybridized carbons (Fsp3) is 0.476. The molecule has 27 heavy (non-hydrogen) atoms. The van der Waals surface area contributed by atoms with Crippen molar-refractivity contribution in [2.24, 2.45) is 5.92 Å². The van der Waals surface area contributed by atoms with Crippen LogP contribution in [0.5, 0.6) is 0 Å². The summed E-state index contributed by atoms with van der Waals surface area (Å²) < 4.78 is 27.5. The molecule has 1 N–H and O–H groups in total. The van der Waals surface area contributed by atoms with Crippen LogP contribution >= 0.6 is 0 Å². The fourth-order valence-electron chi connectivity index (χ4n) is 3.72. The summed E-state index contributed by atoms with van der Waals surface area (Å²) in [6.45, 7) is 2.58. The van der Waals surface area contributed by atoms with E-state index in [4.69, 9.17) is 0 Å². The number of rotatable bonds is 6. The van der Waals surface area contributed by atoms with Gasteiger partial charge in [-0.15, -0.1) is 0 Å². The second-order valence-electron chi connectivity index (χ2n) is 7.72. The lowest BCUT2D eigenvalue weighted by molar-refractivity contribution is -0.127. The van der Waals surface area contributed by atoms with Crippen LogP contribution < -0.4 is 4.72 Å². The number of amides is 1. The molecule has 1 aliphatic rings. The minimum atomic E-state index is -3.62. The smallest absolute Gasteiger partial charge is 0.239 e. The number of hydrogen-bond acceptors (Lipinski definition) is 3. The Bertz CT molecular complexity index is 897. The normalized spacial score (nSPS) is 20.5. The molecule has 0 radical (unpaired) electrons. The van der Waals surface area contributed by atoms with Gasteiger partial charge in [0.2, 0.25) is 15.9 Å². The first-order valence-electron chi connectivity index (χ1n) is 9.54. The van der Waals surface area contributed by atoms with E-state index in [0.29, 0.717) is 12.5 Å². The topological polar surface area (TPSA) is 66.5 Å². The molecule has 0 bridgehead atoms. The third-order valence-electron chi connectivity index (χ3n) is 5.39. The van der Waals surface area contributed by atoms with Crippen molar-refractivity contribution in [2.75, 3.05) is 12.8 Å². The van der Waals surface area contributed by atoms with E-state index in [1.807, 2.05) is 42.5 Å². The lowest BCUT2D eigenvalue weighted by Crippen LogP contribution is -2.42. The Balaban J connectivity index is 1.61. The highest BCUT2D eigenvalue weighted by Crippen LogP contribution is 2.24. The third kappa shape index (κ3) is 5.30. The first-order chi connectivity index (χ1) is 12.8. The number of hydrogen-bond donors (Lipinski definition) is 1. The maximum absolute atomic E-state index is 12.5. The largest absolute Gasteiger partial charge is 0.340 e. The average molecular weight is 389 g/mol. The van der Waals surface area contributed by atoms with Crippen molar-refractivity contribution in [2.45, 2.75) is 45.2 Å². The van der Waals surface area contributed by atoms with Crippen LogP contribution in [0.4, 0.5) is 0 Å². The maximum Gasteiger partial charge on any atom is 0.239 e. The molecule has 3 rings (SSSR count). The number of benzene rings is 2. The predicted molar refractivity (Wildman–Crippen MR) is 109 cm³/mol. The van der Waals surface area contributed by atoms with E-state index in [-0.39, 0.29) is 11.9 Å². The summed E-state index contributed by atoms with van der Waals surface area (Å²) in [5.74, 6) is -0.237. The Labute approximate surface area is 161 Å². The number of carbonyl (C=O) groups is 1. The van der Waals surface area contributed by atoms with Gasteiger partial charge in [-0.1, -0.05) is 49.4 Å². The van der Waals surface area contributed by atoms with Gasteiger partial charge in [0, 0.05) is 19.6 Å². The van der Waals surface area contributed by atoms with E-state index in [2.05, 4.69) is 11.6 Å².